The van der Waals surface area contributed by atoms with Gasteiger partial charge in [-0.05, 0) is 18.6 Å². The number of thioether (sulfide) groups is 1. The van der Waals surface area contributed by atoms with Gasteiger partial charge in [-0.3, -0.25) is 4.99 Å². The van der Waals surface area contributed by atoms with Gasteiger partial charge in [0.1, 0.15) is 5.69 Å². The summed E-state index contributed by atoms with van der Waals surface area (Å²) in [5.74, 6) is 0.910. The number of hydrogen-bond donors (Lipinski definition) is 1. The topological polar surface area (TPSA) is 37.3 Å². The van der Waals surface area contributed by atoms with Crippen molar-refractivity contribution >= 4 is 22.6 Å². The molecule has 18 heavy (non-hydrogen) atoms. The number of pyridine rings is 1. The summed E-state index contributed by atoms with van der Waals surface area (Å²) in [5, 5.41) is 3.71. The number of hydrogen-bond acceptors (Lipinski definition) is 4. The van der Waals surface area contributed by atoms with Crippen LogP contribution in [0.2, 0.25) is 0 Å². The van der Waals surface area contributed by atoms with Gasteiger partial charge in [-0.2, -0.15) is 13.2 Å². The van der Waals surface area contributed by atoms with Gasteiger partial charge in [-0.15, -0.1) is 0 Å². The molecule has 1 N–H and O–H groups in total. The third-order valence-corrected chi connectivity index (χ3v) is 3.52. The minimum Gasteiger partial charge on any atom is -0.334 e. The molecule has 0 aromatic carbocycles. The van der Waals surface area contributed by atoms with Crippen molar-refractivity contribution < 1.29 is 13.2 Å². The molecule has 0 saturated heterocycles. The van der Waals surface area contributed by atoms with Crippen LogP contribution in [-0.4, -0.2) is 21.9 Å². The maximum Gasteiger partial charge on any atom is 0.433 e. The minimum atomic E-state index is -4.40. The summed E-state index contributed by atoms with van der Waals surface area (Å²) in [4.78, 5) is 7.77. The van der Waals surface area contributed by atoms with Crippen molar-refractivity contribution in [2.45, 2.75) is 25.6 Å². The van der Waals surface area contributed by atoms with E-state index in [0.717, 1.165) is 23.4 Å². The molecule has 2 heterocycles. The Kier molecular flexibility index (Phi) is 3.79. The zero-order chi connectivity index (χ0) is 13.2. The molecule has 0 bridgehead atoms. The first-order valence-electron chi connectivity index (χ1n) is 5.50. The third-order valence-electron chi connectivity index (χ3n) is 2.49. The molecule has 1 aliphatic rings. The molecular weight excluding hydrogens is 263 g/mol. The van der Waals surface area contributed by atoms with Crippen LogP contribution < -0.4 is 5.32 Å². The first-order valence-corrected chi connectivity index (χ1v) is 6.48. The molecule has 1 aromatic rings. The average molecular weight is 275 g/mol. The maximum absolute atomic E-state index is 12.3. The fourth-order valence-electron chi connectivity index (χ4n) is 1.45. The van der Waals surface area contributed by atoms with E-state index in [1.807, 2.05) is 0 Å². The molecule has 0 radical (unpaired) electrons. The first-order chi connectivity index (χ1) is 8.49. The van der Waals surface area contributed by atoms with E-state index < -0.39 is 11.9 Å². The van der Waals surface area contributed by atoms with Gasteiger partial charge in [-0.25, -0.2) is 4.98 Å². The van der Waals surface area contributed by atoms with Crippen molar-refractivity contribution in [3.63, 3.8) is 0 Å². The van der Waals surface area contributed by atoms with Crippen LogP contribution in [0.25, 0.3) is 0 Å². The van der Waals surface area contributed by atoms with Crippen LogP contribution in [0.3, 0.4) is 0 Å². The molecule has 0 amide bonds. The van der Waals surface area contributed by atoms with E-state index in [0.29, 0.717) is 11.7 Å². The van der Waals surface area contributed by atoms with Gasteiger partial charge in [0.25, 0.3) is 0 Å². The molecule has 0 spiro atoms. The molecule has 0 fully saturated rings. The van der Waals surface area contributed by atoms with Crippen molar-refractivity contribution in [2.75, 3.05) is 11.1 Å². The molecule has 2 rings (SSSR count). The number of nitrogens with zero attached hydrogens (tertiary/aromatic N) is 2. The summed E-state index contributed by atoms with van der Waals surface area (Å²) in [7, 11) is 0. The van der Waals surface area contributed by atoms with Gasteiger partial charge in [0.2, 0.25) is 0 Å². The Balaban J connectivity index is 2.03. The van der Waals surface area contributed by atoms with Gasteiger partial charge in [0.15, 0.2) is 5.17 Å². The lowest BCUT2D eigenvalue weighted by atomic mass is 10.3. The number of halogens is 3. The van der Waals surface area contributed by atoms with Gasteiger partial charge >= 0.3 is 6.18 Å². The van der Waals surface area contributed by atoms with Crippen molar-refractivity contribution in [3.05, 3.63) is 24.0 Å². The van der Waals surface area contributed by atoms with Crippen LogP contribution in [0, 0.1) is 0 Å². The fourth-order valence-corrected chi connectivity index (χ4v) is 2.53. The Morgan fingerprint density at radius 2 is 2.22 bits per heavy atom. The fraction of sp³-hybridized carbons (Fsp3) is 0.455. The molecule has 1 aromatic heterocycles. The van der Waals surface area contributed by atoms with E-state index >= 15 is 0 Å². The van der Waals surface area contributed by atoms with Crippen molar-refractivity contribution in [1.29, 1.82) is 0 Å². The lowest BCUT2D eigenvalue weighted by molar-refractivity contribution is -0.141. The van der Waals surface area contributed by atoms with E-state index in [1.165, 1.54) is 12.3 Å². The molecule has 98 valence electrons. The Hall–Kier alpha value is -1.24. The van der Waals surface area contributed by atoms with Crippen LogP contribution in [0.5, 0.6) is 0 Å². The van der Waals surface area contributed by atoms with Crippen molar-refractivity contribution in [1.82, 2.24) is 4.98 Å². The summed E-state index contributed by atoms with van der Waals surface area (Å²) < 4.78 is 36.9. The molecule has 1 unspecified atom stereocenters. The number of aliphatic imine (C=N–C) groups is 1. The second-order valence-corrected chi connectivity index (χ2v) is 4.87. The van der Waals surface area contributed by atoms with Crippen LogP contribution in [0.4, 0.5) is 18.9 Å². The van der Waals surface area contributed by atoms with Crippen LogP contribution in [-0.2, 0) is 6.18 Å². The number of rotatable bonds is 2. The van der Waals surface area contributed by atoms with E-state index in [9.17, 15) is 13.2 Å². The number of anilines is 1. The number of aromatic nitrogens is 1. The Labute approximate surface area is 107 Å². The van der Waals surface area contributed by atoms with Crippen molar-refractivity contribution in [3.8, 4) is 0 Å². The van der Waals surface area contributed by atoms with Gasteiger partial charge in [0, 0.05) is 5.75 Å². The predicted molar refractivity (Wildman–Crippen MR) is 66.8 cm³/mol. The minimum absolute atomic E-state index is 0.292. The molecule has 0 saturated carbocycles. The summed E-state index contributed by atoms with van der Waals surface area (Å²) >= 11 is 1.57. The highest BCUT2D eigenvalue weighted by Crippen LogP contribution is 2.28. The zero-order valence-electron chi connectivity index (χ0n) is 9.66. The molecule has 3 nitrogen and oxygen atoms in total. The van der Waals surface area contributed by atoms with E-state index in [-0.39, 0.29) is 0 Å². The monoisotopic (exact) mass is 275 g/mol. The first kappa shape index (κ1) is 13.2. The highest BCUT2D eigenvalue weighted by Gasteiger charge is 2.32. The molecule has 1 aliphatic heterocycles. The lowest BCUT2D eigenvalue weighted by Gasteiger charge is -2.07. The zero-order valence-corrected chi connectivity index (χ0v) is 10.5. The van der Waals surface area contributed by atoms with Crippen molar-refractivity contribution in [2.24, 2.45) is 4.99 Å². The van der Waals surface area contributed by atoms with Crippen LogP contribution in [0.15, 0.2) is 23.3 Å². The lowest BCUT2D eigenvalue weighted by Crippen LogP contribution is -2.09. The Bertz CT molecular complexity index is 442. The van der Waals surface area contributed by atoms with E-state index in [2.05, 4.69) is 22.2 Å². The number of alkyl halides is 3. The summed E-state index contributed by atoms with van der Waals surface area (Å²) in [6.07, 6.45) is -2.26. The smallest absolute Gasteiger partial charge is 0.334 e. The predicted octanol–water partition coefficient (Wildman–Crippen LogP) is 3.39. The molecule has 0 aliphatic carbocycles. The second kappa shape index (κ2) is 5.17. The second-order valence-electron chi connectivity index (χ2n) is 3.86. The third kappa shape index (κ3) is 3.16. The highest BCUT2D eigenvalue weighted by molar-refractivity contribution is 8.14. The average Bonchev–Trinajstić information content (AvgIpc) is 2.76. The van der Waals surface area contributed by atoms with E-state index in [1.54, 1.807) is 11.8 Å². The van der Waals surface area contributed by atoms with E-state index in [4.69, 9.17) is 0 Å². The summed E-state index contributed by atoms with van der Waals surface area (Å²) in [6, 6.07) is 2.61. The molecule has 1 atom stereocenters. The number of nitrogens with one attached hydrogen (secondary N) is 1. The van der Waals surface area contributed by atoms with Gasteiger partial charge in [-0.1, -0.05) is 18.7 Å². The standard InChI is InChI=1S/C11H12F3N3S/c1-2-7-6-18-10(16-7)17-8-3-4-9(15-5-8)11(12,13)14/h3-5,7H,2,6H2,1H3,(H,16,17). The summed E-state index contributed by atoms with van der Waals surface area (Å²) in [6.45, 7) is 2.05. The van der Waals surface area contributed by atoms with Crippen LogP contribution in [0.1, 0.15) is 19.0 Å². The SMILES string of the molecule is CCC1CSC(Nc2ccc(C(F)(F)F)nc2)=N1. The Morgan fingerprint density at radius 3 is 2.72 bits per heavy atom. The van der Waals surface area contributed by atoms with Crippen LogP contribution >= 0.6 is 11.8 Å². The molecular formula is C11H12F3N3S. The normalized spacial score (nSPS) is 19.8. The maximum atomic E-state index is 12.3. The van der Waals surface area contributed by atoms with Gasteiger partial charge < -0.3 is 5.32 Å². The Morgan fingerprint density at radius 1 is 1.44 bits per heavy atom. The largest absolute Gasteiger partial charge is 0.433 e. The number of amidine groups is 1. The summed E-state index contributed by atoms with van der Waals surface area (Å²) in [5.41, 5.74) is -0.369. The highest BCUT2D eigenvalue weighted by atomic mass is 32.2. The quantitative estimate of drug-likeness (QED) is 0.899. The van der Waals surface area contributed by atoms with Gasteiger partial charge in [0.05, 0.1) is 17.9 Å². The molecule has 7 heteroatoms.